The molecule has 3 amide bonds. The van der Waals surface area contributed by atoms with Gasteiger partial charge in [-0.3, -0.25) is 19.2 Å². The van der Waals surface area contributed by atoms with Gasteiger partial charge in [0.15, 0.2) is 5.78 Å². The summed E-state index contributed by atoms with van der Waals surface area (Å²) >= 11 is 18.0. The minimum atomic E-state index is -1.16. The van der Waals surface area contributed by atoms with Crippen LogP contribution in [0, 0.1) is 11.8 Å². The largest absolute Gasteiger partial charge is 0.292 e. The van der Waals surface area contributed by atoms with Gasteiger partial charge in [-0.05, 0) is 69.2 Å². The van der Waals surface area contributed by atoms with Gasteiger partial charge < -0.3 is 0 Å². The molecule has 3 atom stereocenters. The van der Waals surface area contributed by atoms with Gasteiger partial charge in [-0.1, -0.05) is 46.5 Å². The number of benzene rings is 2. The van der Waals surface area contributed by atoms with Crippen molar-refractivity contribution in [2.24, 2.45) is 11.8 Å². The molecular weight excluding hydrogens is 499 g/mol. The first-order valence-corrected chi connectivity index (χ1v) is 11.8. The van der Waals surface area contributed by atoms with Gasteiger partial charge in [-0.15, -0.1) is 0 Å². The maximum absolute atomic E-state index is 13.7. The number of carbonyl (C=O) groups excluding carboxylic acids is 4. The Morgan fingerprint density at radius 1 is 0.941 bits per heavy atom. The van der Waals surface area contributed by atoms with Crippen molar-refractivity contribution in [1.82, 2.24) is 10.0 Å². The lowest BCUT2D eigenvalue weighted by molar-refractivity contribution is -0.156. The Balaban J connectivity index is 1.76. The van der Waals surface area contributed by atoms with E-state index in [2.05, 4.69) is 0 Å². The third-order valence-corrected chi connectivity index (χ3v) is 7.26. The molecule has 2 aromatic carbocycles. The maximum atomic E-state index is 13.7. The normalized spacial score (nSPS) is 20.6. The molecule has 34 heavy (non-hydrogen) atoms. The third kappa shape index (κ3) is 4.38. The van der Waals surface area contributed by atoms with E-state index in [0.717, 1.165) is 15.6 Å². The van der Waals surface area contributed by atoms with Crippen LogP contribution in [0.25, 0.3) is 0 Å². The Hall–Kier alpha value is -2.67. The smallest absolute Gasteiger partial charge is 0.273 e. The summed E-state index contributed by atoms with van der Waals surface area (Å²) in [5.74, 6) is -3.29. The highest BCUT2D eigenvalue weighted by molar-refractivity contribution is 6.42. The summed E-state index contributed by atoms with van der Waals surface area (Å²) in [6.07, 6.45) is 2.77. The predicted molar refractivity (Wildman–Crippen MR) is 130 cm³/mol. The first kappa shape index (κ1) is 24.5. The Kier molecular flexibility index (Phi) is 6.85. The number of Topliss-reactive ketones (excluding diaryl/α,β-unsaturated/α-hetero) is 1. The van der Waals surface area contributed by atoms with Gasteiger partial charge in [0.2, 0.25) is 0 Å². The van der Waals surface area contributed by atoms with E-state index < -0.39 is 41.4 Å². The van der Waals surface area contributed by atoms with E-state index >= 15 is 0 Å². The number of hydrogen-bond donors (Lipinski definition) is 0. The molecule has 0 unspecified atom stereocenters. The highest BCUT2D eigenvalue weighted by Gasteiger charge is 2.53. The molecule has 0 spiro atoms. The molecule has 176 valence electrons. The van der Waals surface area contributed by atoms with Crippen molar-refractivity contribution in [2.75, 3.05) is 0 Å². The lowest BCUT2D eigenvalue weighted by Crippen LogP contribution is -2.56. The topological polar surface area (TPSA) is 74.8 Å². The van der Waals surface area contributed by atoms with Crippen LogP contribution in [0.5, 0.6) is 0 Å². The average Bonchev–Trinajstić information content (AvgIpc) is 3.05. The Labute approximate surface area is 212 Å². The van der Waals surface area contributed by atoms with Crippen LogP contribution in [0.2, 0.25) is 15.1 Å². The monoisotopic (exact) mass is 518 g/mol. The number of ketones is 1. The molecule has 1 aliphatic carbocycles. The van der Waals surface area contributed by atoms with Crippen molar-refractivity contribution in [1.29, 1.82) is 0 Å². The molecule has 0 N–H and O–H groups in total. The van der Waals surface area contributed by atoms with Crippen LogP contribution in [0.4, 0.5) is 0 Å². The maximum Gasteiger partial charge on any atom is 0.273 e. The minimum Gasteiger partial charge on any atom is -0.292 e. The van der Waals surface area contributed by atoms with E-state index in [1.54, 1.807) is 12.1 Å². The number of halogens is 3. The fraction of sp³-hybridized carbons (Fsp3) is 0.280. The Morgan fingerprint density at radius 3 is 2.21 bits per heavy atom. The van der Waals surface area contributed by atoms with Crippen LogP contribution in [0.1, 0.15) is 47.4 Å². The minimum absolute atomic E-state index is 0.0925. The van der Waals surface area contributed by atoms with E-state index in [4.69, 9.17) is 34.8 Å². The SMILES string of the molecule is CC1=CC[C@@H]2C(=O)N(N(C(=O)c3ccc(Cl)c(Cl)c3)[C@@H](C)C(=O)c3ccc(Cl)cc3)C(=O)[C@@H]2C1. The second kappa shape index (κ2) is 9.53. The van der Waals surface area contributed by atoms with E-state index in [-0.39, 0.29) is 21.2 Å². The van der Waals surface area contributed by atoms with Gasteiger partial charge >= 0.3 is 0 Å². The van der Waals surface area contributed by atoms with Crippen molar-refractivity contribution in [3.63, 3.8) is 0 Å². The summed E-state index contributed by atoms with van der Waals surface area (Å²) in [6.45, 7) is 3.39. The van der Waals surface area contributed by atoms with Gasteiger partial charge in [-0.25, -0.2) is 5.01 Å². The lowest BCUT2D eigenvalue weighted by Gasteiger charge is -2.34. The molecule has 0 bridgehead atoms. The van der Waals surface area contributed by atoms with Crippen molar-refractivity contribution in [2.45, 2.75) is 32.7 Å². The molecule has 0 radical (unpaired) electrons. The molecule has 1 saturated heterocycles. The van der Waals surface area contributed by atoms with Crippen molar-refractivity contribution in [3.05, 3.63) is 80.3 Å². The molecule has 2 aromatic rings. The summed E-state index contributed by atoms with van der Waals surface area (Å²) in [4.78, 5) is 53.8. The number of imide groups is 1. The third-order valence-electron chi connectivity index (χ3n) is 6.26. The first-order valence-electron chi connectivity index (χ1n) is 10.7. The van der Waals surface area contributed by atoms with Crippen molar-refractivity contribution in [3.8, 4) is 0 Å². The second-order valence-electron chi connectivity index (χ2n) is 8.52. The first-order chi connectivity index (χ1) is 16.1. The number of nitrogens with zero attached hydrogens (tertiary/aromatic N) is 2. The van der Waals surface area contributed by atoms with Gasteiger partial charge in [0.1, 0.15) is 6.04 Å². The Morgan fingerprint density at radius 2 is 1.56 bits per heavy atom. The Bertz CT molecular complexity index is 1230. The molecule has 9 heteroatoms. The van der Waals surface area contributed by atoms with E-state index in [0.29, 0.717) is 17.9 Å². The number of allylic oxidation sites excluding steroid dienone is 2. The molecule has 2 aliphatic rings. The summed E-state index contributed by atoms with van der Waals surface area (Å²) in [7, 11) is 0. The predicted octanol–water partition coefficient (Wildman–Crippen LogP) is 5.62. The highest BCUT2D eigenvalue weighted by Crippen LogP contribution is 2.39. The number of hydrazine groups is 1. The number of amides is 3. The number of hydrogen-bond acceptors (Lipinski definition) is 4. The van der Waals surface area contributed by atoms with Crippen LogP contribution in [0.15, 0.2) is 54.1 Å². The van der Waals surface area contributed by atoms with E-state index in [9.17, 15) is 19.2 Å². The van der Waals surface area contributed by atoms with Crippen LogP contribution in [-0.4, -0.2) is 39.6 Å². The van der Waals surface area contributed by atoms with Crippen molar-refractivity contribution < 1.29 is 19.2 Å². The number of fused-ring (bicyclic) bond motifs is 1. The molecule has 0 saturated carbocycles. The summed E-state index contributed by atoms with van der Waals surface area (Å²) < 4.78 is 0. The lowest BCUT2D eigenvalue weighted by atomic mass is 9.82. The quantitative estimate of drug-likeness (QED) is 0.292. The van der Waals surface area contributed by atoms with E-state index in [1.807, 2.05) is 13.0 Å². The van der Waals surface area contributed by atoms with Crippen molar-refractivity contribution >= 4 is 58.3 Å². The van der Waals surface area contributed by atoms with Gasteiger partial charge in [0.05, 0.1) is 21.9 Å². The zero-order valence-corrected chi connectivity index (χ0v) is 20.7. The van der Waals surface area contributed by atoms with Crippen LogP contribution < -0.4 is 0 Å². The molecule has 1 fully saturated rings. The molecule has 6 nitrogen and oxygen atoms in total. The standard InChI is InChI=1S/C25H21Cl3N2O4/c1-13-3-9-18-19(11-13)25(34)30(24(18)33)29(23(32)16-6-10-20(27)21(28)12-16)14(2)22(31)15-4-7-17(26)8-5-15/h3-8,10,12,14,18-19H,9,11H2,1-2H3/t14-,18-,19+/m0/s1. The fourth-order valence-electron chi connectivity index (χ4n) is 4.40. The summed E-state index contributed by atoms with van der Waals surface area (Å²) in [5.41, 5.74) is 1.39. The molecule has 0 aromatic heterocycles. The van der Waals surface area contributed by atoms with Gasteiger partial charge in [0, 0.05) is 16.1 Å². The van der Waals surface area contributed by atoms with Gasteiger partial charge in [0.25, 0.3) is 17.7 Å². The molecule has 4 rings (SSSR count). The molecular formula is C25H21Cl3N2O4. The second-order valence-corrected chi connectivity index (χ2v) is 9.77. The van der Waals surface area contributed by atoms with E-state index in [1.165, 1.54) is 37.3 Å². The van der Waals surface area contributed by atoms with Crippen LogP contribution in [-0.2, 0) is 9.59 Å². The molecule has 1 aliphatic heterocycles. The zero-order chi connectivity index (χ0) is 24.7. The fourth-order valence-corrected chi connectivity index (χ4v) is 4.82. The van der Waals surface area contributed by atoms with Gasteiger partial charge in [-0.2, -0.15) is 5.01 Å². The highest BCUT2D eigenvalue weighted by atomic mass is 35.5. The average molecular weight is 520 g/mol. The summed E-state index contributed by atoms with van der Waals surface area (Å²) in [5, 5.41) is 2.64. The van der Waals surface area contributed by atoms with Crippen LogP contribution >= 0.6 is 34.8 Å². The molecule has 1 heterocycles. The summed E-state index contributed by atoms with van der Waals surface area (Å²) in [6, 6.07) is 9.25. The number of carbonyl (C=O) groups is 4. The zero-order valence-electron chi connectivity index (χ0n) is 18.4. The number of rotatable bonds is 5. The van der Waals surface area contributed by atoms with Crippen LogP contribution in [0.3, 0.4) is 0 Å².